The van der Waals surface area contributed by atoms with Crippen LogP contribution in [-0.2, 0) is 4.79 Å². The molecule has 1 nitrogen and oxygen atoms in total. The number of carbonyl (C=O) groups excluding carboxylic acids is 1. The van der Waals surface area contributed by atoms with Crippen molar-refractivity contribution in [3.05, 3.63) is 40.9 Å². The number of ketones is 1. The molecule has 6 heteroatoms. The van der Waals surface area contributed by atoms with Crippen molar-refractivity contribution >= 4 is 34.9 Å². The second-order valence-corrected chi connectivity index (χ2v) is 3.82. The highest BCUT2D eigenvalue weighted by Crippen LogP contribution is 2.24. The van der Waals surface area contributed by atoms with Crippen molar-refractivity contribution in [3.8, 4) is 0 Å². The van der Waals surface area contributed by atoms with Gasteiger partial charge in [-0.25, -0.2) is 0 Å². The van der Waals surface area contributed by atoms with E-state index < -0.39 is 12.0 Å². The van der Waals surface area contributed by atoms with Gasteiger partial charge in [0, 0.05) is 16.0 Å². The van der Waals surface area contributed by atoms with E-state index in [9.17, 15) is 18.0 Å². The molecular formula is C10H6ClF3OS. The first-order valence-corrected chi connectivity index (χ1v) is 4.91. The molecule has 0 N–H and O–H groups in total. The molecule has 0 heterocycles. The minimum atomic E-state index is -4.87. The zero-order chi connectivity index (χ0) is 12.3. The first kappa shape index (κ1) is 13.1. The van der Waals surface area contributed by atoms with Gasteiger partial charge in [0.1, 0.15) is 0 Å². The lowest BCUT2D eigenvalue weighted by atomic mass is 10.2. The van der Waals surface area contributed by atoms with Gasteiger partial charge in [0.25, 0.3) is 5.78 Å². The fraction of sp³-hybridized carbons (Fsp3) is 0.100. The van der Waals surface area contributed by atoms with E-state index in [1.165, 1.54) is 24.3 Å². The van der Waals surface area contributed by atoms with Crippen molar-refractivity contribution in [1.29, 1.82) is 0 Å². The van der Waals surface area contributed by atoms with E-state index >= 15 is 0 Å². The van der Waals surface area contributed by atoms with E-state index in [4.69, 9.17) is 11.6 Å². The normalized spacial score (nSPS) is 12.7. The molecular weight excluding hydrogens is 261 g/mol. The van der Waals surface area contributed by atoms with E-state index in [1.54, 1.807) is 0 Å². The second-order valence-electron chi connectivity index (χ2n) is 2.90. The molecule has 0 aliphatic heterocycles. The summed E-state index contributed by atoms with van der Waals surface area (Å²) in [7, 11) is 0. The van der Waals surface area contributed by atoms with Gasteiger partial charge in [-0.2, -0.15) is 13.2 Å². The Kier molecular flexibility index (Phi) is 4.04. The third-order valence-corrected chi connectivity index (χ3v) is 2.33. The van der Waals surface area contributed by atoms with E-state index in [-0.39, 0.29) is 4.91 Å². The van der Waals surface area contributed by atoms with Gasteiger partial charge >= 0.3 is 6.18 Å². The molecule has 0 amide bonds. The molecule has 1 aromatic carbocycles. The fourth-order valence-corrected chi connectivity index (χ4v) is 1.30. The van der Waals surface area contributed by atoms with Crippen LogP contribution in [0.3, 0.4) is 0 Å². The van der Waals surface area contributed by atoms with Crippen LogP contribution in [0.15, 0.2) is 30.3 Å². The number of carbonyl (C=O) groups is 1. The topological polar surface area (TPSA) is 17.1 Å². The van der Waals surface area contributed by atoms with Gasteiger partial charge in [0.05, 0.1) is 0 Å². The monoisotopic (exact) mass is 266 g/mol. The Morgan fingerprint density at radius 1 is 1.25 bits per heavy atom. The maximum atomic E-state index is 11.9. The van der Waals surface area contributed by atoms with Gasteiger partial charge in [-0.1, -0.05) is 23.7 Å². The van der Waals surface area contributed by atoms with Gasteiger partial charge < -0.3 is 0 Å². The lowest BCUT2D eigenvalue weighted by molar-refractivity contribution is -0.165. The number of hydrogen-bond donors (Lipinski definition) is 1. The van der Waals surface area contributed by atoms with Crippen molar-refractivity contribution in [3.63, 3.8) is 0 Å². The predicted octanol–water partition coefficient (Wildman–Crippen LogP) is 3.74. The Hall–Kier alpha value is -0.940. The van der Waals surface area contributed by atoms with Crippen molar-refractivity contribution in [1.82, 2.24) is 0 Å². The third-order valence-electron chi connectivity index (χ3n) is 1.69. The van der Waals surface area contributed by atoms with Crippen LogP contribution in [0.2, 0.25) is 5.02 Å². The van der Waals surface area contributed by atoms with Crippen LogP contribution >= 0.6 is 24.2 Å². The second kappa shape index (κ2) is 4.93. The Labute approximate surface area is 100 Å². The number of thiol groups is 1. The number of allylic oxidation sites excluding steroid dienone is 1. The number of alkyl halides is 3. The summed E-state index contributed by atoms with van der Waals surface area (Å²) in [4.78, 5) is 10.6. The molecule has 0 saturated carbocycles. The fourth-order valence-electron chi connectivity index (χ4n) is 0.910. The highest BCUT2D eigenvalue weighted by Gasteiger charge is 2.36. The molecule has 16 heavy (non-hydrogen) atoms. The standard InChI is InChI=1S/C10H6ClF3OS/c11-7-3-1-6(2-4-7)8(16)5-9(15)10(12,13)14/h1-5,16H/b8-5-. The van der Waals surface area contributed by atoms with Crippen LogP contribution in [0.25, 0.3) is 4.91 Å². The molecule has 1 rings (SSSR count). The molecule has 0 saturated heterocycles. The van der Waals surface area contributed by atoms with Crippen LogP contribution in [0, 0.1) is 0 Å². The van der Waals surface area contributed by atoms with E-state index in [0.29, 0.717) is 16.7 Å². The lowest BCUT2D eigenvalue weighted by Crippen LogP contribution is -2.20. The van der Waals surface area contributed by atoms with E-state index in [2.05, 4.69) is 12.6 Å². The summed E-state index contributed by atoms with van der Waals surface area (Å²) in [6, 6.07) is 5.95. The highest BCUT2D eigenvalue weighted by molar-refractivity contribution is 7.90. The summed E-state index contributed by atoms with van der Waals surface area (Å²) in [6.07, 6.45) is -4.44. The number of benzene rings is 1. The average Bonchev–Trinajstić information content (AvgIpc) is 2.17. The van der Waals surface area contributed by atoms with Crippen LogP contribution in [0.5, 0.6) is 0 Å². The molecule has 0 spiro atoms. The molecule has 0 fully saturated rings. The lowest BCUT2D eigenvalue weighted by Gasteiger charge is -2.03. The van der Waals surface area contributed by atoms with Crippen molar-refractivity contribution in [2.45, 2.75) is 6.18 Å². The smallest absolute Gasteiger partial charge is 0.285 e. The van der Waals surface area contributed by atoms with Crippen molar-refractivity contribution in [2.75, 3.05) is 0 Å². The van der Waals surface area contributed by atoms with Gasteiger partial charge in [-0.3, -0.25) is 4.79 Å². The summed E-state index contributed by atoms with van der Waals surface area (Å²) in [6.45, 7) is 0. The molecule has 86 valence electrons. The zero-order valence-corrected chi connectivity index (χ0v) is 9.40. The number of hydrogen-bond acceptors (Lipinski definition) is 2. The molecule has 0 aliphatic rings. The number of halogens is 4. The summed E-state index contributed by atoms with van der Waals surface area (Å²) >= 11 is 9.43. The molecule has 0 bridgehead atoms. The van der Waals surface area contributed by atoms with Gasteiger partial charge in [-0.05, 0) is 17.7 Å². The molecule has 0 radical (unpaired) electrons. The molecule has 0 aromatic heterocycles. The first-order chi connectivity index (χ1) is 7.30. The van der Waals surface area contributed by atoms with E-state index in [0.717, 1.165) is 0 Å². The van der Waals surface area contributed by atoms with Crippen molar-refractivity contribution in [2.24, 2.45) is 0 Å². The van der Waals surface area contributed by atoms with Gasteiger partial charge in [0.2, 0.25) is 0 Å². The third kappa shape index (κ3) is 3.57. The Morgan fingerprint density at radius 2 is 1.75 bits per heavy atom. The Morgan fingerprint density at radius 3 is 2.19 bits per heavy atom. The summed E-state index contributed by atoms with van der Waals surface area (Å²) in [5.74, 6) is -1.94. The maximum absolute atomic E-state index is 11.9. The van der Waals surface area contributed by atoms with Crippen LogP contribution in [-0.4, -0.2) is 12.0 Å². The largest absolute Gasteiger partial charge is 0.454 e. The quantitative estimate of drug-likeness (QED) is 0.637. The summed E-state index contributed by atoms with van der Waals surface area (Å²) in [5.41, 5.74) is 0.394. The molecule has 0 aliphatic carbocycles. The molecule has 0 atom stereocenters. The van der Waals surface area contributed by atoms with Gasteiger partial charge in [-0.15, -0.1) is 12.6 Å². The maximum Gasteiger partial charge on any atom is 0.454 e. The first-order valence-electron chi connectivity index (χ1n) is 4.08. The average molecular weight is 267 g/mol. The summed E-state index contributed by atoms with van der Waals surface area (Å²) in [5, 5.41) is 0.451. The minimum absolute atomic E-state index is 0.0565. The Bertz CT molecular complexity index is 423. The molecule has 0 unspecified atom stereocenters. The van der Waals surface area contributed by atoms with Crippen LogP contribution in [0.4, 0.5) is 13.2 Å². The highest BCUT2D eigenvalue weighted by atomic mass is 35.5. The van der Waals surface area contributed by atoms with Crippen LogP contribution < -0.4 is 0 Å². The predicted molar refractivity (Wildman–Crippen MR) is 59.5 cm³/mol. The zero-order valence-electron chi connectivity index (χ0n) is 7.75. The minimum Gasteiger partial charge on any atom is -0.285 e. The van der Waals surface area contributed by atoms with E-state index in [1.807, 2.05) is 0 Å². The Balaban J connectivity index is 2.94. The van der Waals surface area contributed by atoms with Gasteiger partial charge in [0.15, 0.2) is 0 Å². The number of rotatable bonds is 2. The SMILES string of the molecule is O=C(/C=C(\S)c1ccc(Cl)cc1)C(F)(F)F. The molecule has 1 aromatic rings. The summed E-state index contributed by atoms with van der Waals surface area (Å²) < 4.78 is 35.8. The van der Waals surface area contributed by atoms with Crippen LogP contribution in [0.1, 0.15) is 5.56 Å². The van der Waals surface area contributed by atoms with Crippen molar-refractivity contribution < 1.29 is 18.0 Å².